The van der Waals surface area contributed by atoms with Crippen molar-refractivity contribution in [3.05, 3.63) is 0 Å². The van der Waals surface area contributed by atoms with Gasteiger partial charge in [-0.25, -0.2) is 0 Å². The molecular formula is C3H6O3. The monoisotopic (exact) mass is 91.0 g/mol. The van der Waals surface area contributed by atoms with Gasteiger partial charge in [0.1, 0.15) is 0 Å². The summed E-state index contributed by atoms with van der Waals surface area (Å²) < 4.78 is 13.9. The molecule has 1 aliphatic rings. The van der Waals surface area contributed by atoms with Crippen molar-refractivity contribution in [1.82, 2.24) is 0 Å². The first-order chi connectivity index (χ1) is 3.00. The molecule has 0 N–H and O–H groups in total. The Kier molecular flexibility index (Phi) is 1.43. The summed E-state index contributed by atoms with van der Waals surface area (Å²) in [4.78, 5) is 0. The predicted molar refractivity (Wildman–Crippen MR) is 17.9 cm³/mol. The molecule has 0 amide bonds. The van der Waals surface area contributed by atoms with Gasteiger partial charge < -0.3 is 14.2 Å². The molecule has 0 radical (unpaired) electrons. The molecule has 1 heterocycles. The summed E-state index contributed by atoms with van der Waals surface area (Å²) in [6.45, 7) is 1.12. The van der Waals surface area contributed by atoms with Gasteiger partial charge in [0.25, 0.3) is 0 Å². The van der Waals surface area contributed by atoms with Crippen molar-refractivity contribution >= 4 is 0 Å². The van der Waals surface area contributed by atoms with E-state index in [0.717, 1.165) is 0 Å². The van der Waals surface area contributed by atoms with E-state index < -0.39 is 0 Å². The summed E-state index contributed by atoms with van der Waals surface area (Å²) in [5.74, 6) is 0. The molecule has 0 bridgehead atoms. The third-order valence-electron chi connectivity index (χ3n) is 0.500. The maximum absolute atomic E-state index is 4.62. The zero-order chi connectivity index (χ0) is 4.24. The van der Waals surface area contributed by atoms with E-state index in [1.807, 2.05) is 0 Å². The number of rotatable bonds is 0. The summed E-state index contributed by atoms with van der Waals surface area (Å²) in [5.41, 5.74) is 0. The molecule has 1 saturated heterocycles. The molecule has 0 atom stereocenters. The van der Waals surface area contributed by atoms with Gasteiger partial charge in [-0.2, -0.15) is 0 Å². The third-order valence-corrected chi connectivity index (χ3v) is 0.500. The molecule has 1 rings (SSSR count). The lowest BCUT2D eigenvalue weighted by atomic mass is 11.3. The van der Waals surface area contributed by atoms with Crippen LogP contribution in [0.15, 0.2) is 0 Å². The number of ether oxygens (including phenoxy) is 3. The van der Waals surface area contributed by atoms with Crippen LogP contribution in [0.4, 0.5) is 0 Å². The molecule has 6 heavy (non-hydrogen) atoms. The topological polar surface area (TPSA) is 27.7 Å². The van der Waals surface area contributed by atoms with Gasteiger partial charge in [-0.05, 0) is 0 Å². The lowest BCUT2D eigenvalue weighted by molar-refractivity contribution is -0.247. The Morgan fingerprint density at radius 3 is 1.17 bits per heavy atom. The highest BCUT2D eigenvalue weighted by Gasteiger charge is 1.93. The lowest BCUT2D eigenvalue weighted by Crippen LogP contribution is -2.14. The SMILES string of the molecule is C1OCO[13CH2]O1. The fraction of sp³-hybridized carbons (Fsp3) is 1.00. The maximum atomic E-state index is 4.62. The van der Waals surface area contributed by atoms with Crippen molar-refractivity contribution in [1.29, 1.82) is 0 Å². The highest BCUT2D eigenvalue weighted by Crippen LogP contribution is 1.87. The Balaban J connectivity index is 2.00. The zero-order valence-electron chi connectivity index (χ0n) is 3.35. The quantitative estimate of drug-likeness (QED) is 0.390. The van der Waals surface area contributed by atoms with Crippen LogP contribution in [0.2, 0.25) is 0 Å². The molecule has 0 spiro atoms. The number of hydrogen-bond acceptors (Lipinski definition) is 3. The van der Waals surface area contributed by atoms with E-state index >= 15 is 0 Å². The summed E-state index contributed by atoms with van der Waals surface area (Å²) in [6, 6.07) is 0. The largest absolute Gasteiger partial charge is 0.329 e. The van der Waals surface area contributed by atoms with Crippen molar-refractivity contribution in [3.8, 4) is 0 Å². The molecular weight excluding hydrogens is 85.0 g/mol. The fourth-order valence-corrected chi connectivity index (χ4v) is 0.279. The van der Waals surface area contributed by atoms with Crippen LogP contribution in [0.25, 0.3) is 0 Å². The molecule has 0 unspecified atom stereocenters. The average molecular weight is 91.1 g/mol. The Morgan fingerprint density at radius 2 is 1.00 bits per heavy atom. The first kappa shape index (κ1) is 4.05. The molecule has 3 nitrogen and oxygen atoms in total. The van der Waals surface area contributed by atoms with Gasteiger partial charge in [0.2, 0.25) is 0 Å². The molecule has 36 valence electrons. The molecule has 1 aliphatic heterocycles. The van der Waals surface area contributed by atoms with Crippen molar-refractivity contribution in [2.24, 2.45) is 0 Å². The number of hydrogen-bond donors (Lipinski definition) is 0. The van der Waals surface area contributed by atoms with E-state index in [1.54, 1.807) is 0 Å². The second kappa shape index (κ2) is 2.12. The molecule has 0 aromatic carbocycles. The second-order valence-corrected chi connectivity index (χ2v) is 0.966. The van der Waals surface area contributed by atoms with E-state index in [9.17, 15) is 0 Å². The minimum absolute atomic E-state index is 0.375. The third kappa shape index (κ3) is 0.931. The first-order valence-electron chi connectivity index (χ1n) is 1.73. The van der Waals surface area contributed by atoms with Crippen LogP contribution < -0.4 is 0 Å². The summed E-state index contributed by atoms with van der Waals surface area (Å²) in [7, 11) is 0. The summed E-state index contributed by atoms with van der Waals surface area (Å²) >= 11 is 0. The van der Waals surface area contributed by atoms with E-state index in [2.05, 4.69) is 14.2 Å². The van der Waals surface area contributed by atoms with Gasteiger partial charge in [0.15, 0.2) is 20.4 Å². The van der Waals surface area contributed by atoms with Gasteiger partial charge in [-0.1, -0.05) is 0 Å². The molecule has 0 aromatic heterocycles. The normalized spacial score (nSPS) is 24.0. The van der Waals surface area contributed by atoms with E-state index in [0.29, 0.717) is 20.4 Å². The molecule has 0 aliphatic carbocycles. The second-order valence-electron chi connectivity index (χ2n) is 0.966. The fourth-order valence-electron chi connectivity index (χ4n) is 0.279. The van der Waals surface area contributed by atoms with E-state index in [1.165, 1.54) is 0 Å². The summed E-state index contributed by atoms with van der Waals surface area (Å²) in [5, 5.41) is 0. The Morgan fingerprint density at radius 1 is 0.667 bits per heavy atom. The highest BCUT2D eigenvalue weighted by atomic mass is 16.9. The summed E-state index contributed by atoms with van der Waals surface area (Å²) in [6.07, 6.45) is 0. The lowest BCUT2D eigenvalue weighted by Gasteiger charge is -2.10. The van der Waals surface area contributed by atoms with Crippen LogP contribution in [0.3, 0.4) is 0 Å². The Labute approximate surface area is 35.8 Å². The smallest absolute Gasteiger partial charge is 0.152 e. The average Bonchev–Trinajstić information content (AvgIpc) is 1.72. The van der Waals surface area contributed by atoms with Gasteiger partial charge in [-0.3, -0.25) is 0 Å². The first-order valence-corrected chi connectivity index (χ1v) is 1.73. The van der Waals surface area contributed by atoms with Crippen LogP contribution in [0.5, 0.6) is 0 Å². The minimum atomic E-state index is 0.375. The van der Waals surface area contributed by atoms with Gasteiger partial charge in [0.05, 0.1) is 0 Å². The van der Waals surface area contributed by atoms with Crippen LogP contribution >= 0.6 is 0 Å². The van der Waals surface area contributed by atoms with Crippen molar-refractivity contribution in [3.63, 3.8) is 0 Å². The molecule has 1 fully saturated rings. The van der Waals surface area contributed by atoms with Crippen molar-refractivity contribution in [2.45, 2.75) is 0 Å². The predicted octanol–water partition coefficient (Wildman–Crippen LogP) is -0.0777. The maximum Gasteiger partial charge on any atom is 0.152 e. The van der Waals surface area contributed by atoms with Gasteiger partial charge in [-0.15, -0.1) is 0 Å². The van der Waals surface area contributed by atoms with Gasteiger partial charge in [0, 0.05) is 0 Å². The Hall–Kier alpha value is -0.120. The molecule has 0 saturated carbocycles. The standard InChI is InChI=1S/C3H6O3/c1-4-2-6-3-5-1/h1-3H2/i1+1. The van der Waals surface area contributed by atoms with Crippen LogP contribution in [-0.4, -0.2) is 20.4 Å². The Bertz CT molecular complexity index is 21.5. The van der Waals surface area contributed by atoms with Crippen LogP contribution in [0, 0.1) is 0 Å². The van der Waals surface area contributed by atoms with Crippen LogP contribution in [0.1, 0.15) is 0 Å². The molecule has 0 aromatic rings. The molecule has 3 heteroatoms. The van der Waals surface area contributed by atoms with Crippen LogP contribution in [-0.2, 0) is 14.2 Å². The minimum Gasteiger partial charge on any atom is -0.329 e. The van der Waals surface area contributed by atoms with Crippen molar-refractivity contribution < 1.29 is 14.2 Å². The van der Waals surface area contributed by atoms with Crippen molar-refractivity contribution in [2.75, 3.05) is 20.4 Å². The van der Waals surface area contributed by atoms with E-state index in [4.69, 9.17) is 0 Å². The zero-order valence-corrected chi connectivity index (χ0v) is 3.35. The van der Waals surface area contributed by atoms with Gasteiger partial charge >= 0.3 is 0 Å². The van der Waals surface area contributed by atoms with E-state index in [-0.39, 0.29) is 0 Å². The highest BCUT2D eigenvalue weighted by molar-refractivity contribution is 4.09.